The fourth-order valence-electron chi connectivity index (χ4n) is 3.76. The van der Waals surface area contributed by atoms with Crippen LogP contribution in [0.15, 0.2) is 27.4 Å². The van der Waals surface area contributed by atoms with Crippen molar-refractivity contribution in [3.8, 4) is 0 Å². The van der Waals surface area contributed by atoms with E-state index in [9.17, 15) is 9.59 Å². The minimum atomic E-state index is -0.337. The van der Waals surface area contributed by atoms with Gasteiger partial charge < -0.3 is 9.15 Å². The molecule has 1 aromatic carbocycles. The molecule has 0 N–H and O–H groups in total. The molecule has 1 aromatic heterocycles. The summed E-state index contributed by atoms with van der Waals surface area (Å²) in [7, 11) is 3.37. The third kappa shape index (κ3) is 3.81. The number of carbonyl (C=O) groups excluding carboxylic acids is 1. The Balaban J connectivity index is 1.95. The number of nitrogens with zero attached hydrogens (tertiary/aromatic N) is 2. The van der Waals surface area contributed by atoms with Gasteiger partial charge in [0.05, 0.1) is 7.11 Å². The number of likely N-dealkylation sites (N-methyl/N-ethyl adjacent to an activating group) is 1. The highest BCUT2D eigenvalue weighted by Gasteiger charge is 2.29. The molecule has 0 amide bonds. The van der Waals surface area contributed by atoms with E-state index in [0.29, 0.717) is 18.7 Å². The number of methoxy groups -OCH3 is 1. The minimum absolute atomic E-state index is 0.219. The van der Waals surface area contributed by atoms with Crippen LogP contribution in [0.25, 0.3) is 11.0 Å². The van der Waals surface area contributed by atoms with Gasteiger partial charge in [0.25, 0.3) is 0 Å². The Bertz CT molecular complexity index is 874. The third-order valence-corrected chi connectivity index (χ3v) is 5.08. The van der Waals surface area contributed by atoms with Crippen molar-refractivity contribution in [2.45, 2.75) is 32.9 Å². The number of benzene rings is 1. The topological polar surface area (TPSA) is 63.0 Å². The molecule has 1 fully saturated rings. The Morgan fingerprint density at radius 3 is 2.77 bits per heavy atom. The molecule has 140 valence electrons. The quantitative estimate of drug-likeness (QED) is 0.618. The molecule has 1 aliphatic rings. The highest BCUT2D eigenvalue weighted by molar-refractivity contribution is 5.83. The summed E-state index contributed by atoms with van der Waals surface area (Å²) in [6.45, 7) is 6.88. The van der Waals surface area contributed by atoms with Crippen LogP contribution in [0, 0.1) is 13.8 Å². The predicted octanol–water partition coefficient (Wildman–Crippen LogP) is 2.09. The van der Waals surface area contributed by atoms with E-state index in [1.165, 1.54) is 7.11 Å². The van der Waals surface area contributed by atoms with Gasteiger partial charge in [0.1, 0.15) is 11.6 Å². The molecular formula is C20H26N2O4. The lowest BCUT2D eigenvalue weighted by Crippen LogP contribution is -2.45. The highest BCUT2D eigenvalue weighted by Crippen LogP contribution is 2.24. The van der Waals surface area contributed by atoms with Gasteiger partial charge in [0.2, 0.25) is 0 Å². The zero-order valence-electron chi connectivity index (χ0n) is 15.9. The molecule has 3 rings (SSSR count). The van der Waals surface area contributed by atoms with Gasteiger partial charge >= 0.3 is 11.6 Å². The van der Waals surface area contributed by atoms with Gasteiger partial charge in [0.15, 0.2) is 0 Å². The Kier molecular flexibility index (Phi) is 5.44. The zero-order valence-corrected chi connectivity index (χ0v) is 15.9. The van der Waals surface area contributed by atoms with Crippen molar-refractivity contribution < 1.29 is 13.9 Å². The number of hydrogen-bond donors (Lipinski definition) is 0. The summed E-state index contributed by atoms with van der Waals surface area (Å²) in [5, 5.41) is 0.967. The fraction of sp³-hybridized carbons (Fsp3) is 0.500. The maximum Gasteiger partial charge on any atom is 0.336 e. The SMILES string of the molecule is COC(=O)C1CN(Cc2cc(=O)oc3c(C)cc(C)cc23)CCCN1C. The molecule has 0 aliphatic carbocycles. The van der Waals surface area contributed by atoms with E-state index in [1.54, 1.807) is 6.07 Å². The first-order valence-corrected chi connectivity index (χ1v) is 8.93. The second-order valence-corrected chi connectivity index (χ2v) is 7.16. The van der Waals surface area contributed by atoms with Crippen molar-refractivity contribution in [2.24, 2.45) is 0 Å². The molecule has 0 saturated carbocycles. The number of carbonyl (C=O) groups is 1. The van der Waals surface area contributed by atoms with Crippen LogP contribution in [-0.4, -0.2) is 55.6 Å². The van der Waals surface area contributed by atoms with Crippen LogP contribution in [0.4, 0.5) is 0 Å². The largest absolute Gasteiger partial charge is 0.468 e. The number of fused-ring (bicyclic) bond motifs is 1. The molecule has 0 bridgehead atoms. The van der Waals surface area contributed by atoms with Gasteiger partial charge in [-0.3, -0.25) is 14.6 Å². The summed E-state index contributed by atoms with van der Waals surface area (Å²) in [4.78, 5) is 28.4. The van der Waals surface area contributed by atoms with Crippen molar-refractivity contribution in [3.05, 3.63) is 45.3 Å². The highest BCUT2D eigenvalue weighted by atomic mass is 16.5. The Hall–Kier alpha value is -2.18. The maximum atomic E-state index is 12.1. The van der Waals surface area contributed by atoms with Crippen LogP contribution in [0.5, 0.6) is 0 Å². The van der Waals surface area contributed by atoms with Gasteiger partial charge in [-0.05, 0) is 63.2 Å². The third-order valence-electron chi connectivity index (χ3n) is 5.08. The van der Waals surface area contributed by atoms with E-state index in [1.807, 2.05) is 31.9 Å². The standard InChI is InChI=1S/C20H26N2O4/c1-13-8-14(2)19-16(9-13)15(10-18(23)26-19)11-22-7-5-6-21(3)17(12-22)20(24)25-4/h8-10,17H,5-7,11-12H2,1-4H3. The Morgan fingerprint density at radius 1 is 1.27 bits per heavy atom. The summed E-state index contributed by atoms with van der Waals surface area (Å²) in [5.74, 6) is -0.219. The molecule has 0 radical (unpaired) electrons. The molecule has 2 heterocycles. The van der Waals surface area contributed by atoms with Crippen LogP contribution in [-0.2, 0) is 16.1 Å². The summed E-state index contributed by atoms with van der Waals surface area (Å²) in [5.41, 5.74) is 3.34. The lowest BCUT2D eigenvalue weighted by molar-refractivity contribution is -0.146. The first-order chi connectivity index (χ1) is 12.4. The fourth-order valence-corrected chi connectivity index (χ4v) is 3.76. The van der Waals surface area contributed by atoms with Gasteiger partial charge in [0, 0.05) is 24.5 Å². The van der Waals surface area contributed by atoms with Gasteiger partial charge in [-0.15, -0.1) is 0 Å². The van der Waals surface area contributed by atoms with Gasteiger partial charge in [-0.1, -0.05) is 6.07 Å². The molecule has 2 aromatic rings. The van der Waals surface area contributed by atoms with Crippen molar-refractivity contribution in [2.75, 3.05) is 33.8 Å². The second-order valence-electron chi connectivity index (χ2n) is 7.16. The van der Waals surface area contributed by atoms with Crippen LogP contribution in [0.1, 0.15) is 23.1 Å². The van der Waals surface area contributed by atoms with Crippen molar-refractivity contribution >= 4 is 16.9 Å². The molecule has 1 unspecified atom stereocenters. The van der Waals surface area contributed by atoms with Crippen molar-refractivity contribution in [3.63, 3.8) is 0 Å². The minimum Gasteiger partial charge on any atom is -0.468 e. The number of ether oxygens (including phenoxy) is 1. The van der Waals surface area contributed by atoms with Crippen molar-refractivity contribution in [1.82, 2.24) is 9.80 Å². The number of esters is 1. The number of rotatable bonds is 3. The molecule has 0 spiro atoms. The Labute approximate surface area is 153 Å². The zero-order chi connectivity index (χ0) is 18.8. The van der Waals surface area contributed by atoms with E-state index in [-0.39, 0.29) is 17.6 Å². The summed E-state index contributed by atoms with van der Waals surface area (Å²) >= 11 is 0. The second kappa shape index (κ2) is 7.60. The normalized spacial score (nSPS) is 19.5. The van der Waals surface area contributed by atoms with Crippen molar-refractivity contribution in [1.29, 1.82) is 0 Å². The monoisotopic (exact) mass is 358 g/mol. The van der Waals surface area contributed by atoms with E-state index in [0.717, 1.165) is 41.6 Å². The Morgan fingerprint density at radius 2 is 2.04 bits per heavy atom. The first kappa shape index (κ1) is 18.6. The smallest absolute Gasteiger partial charge is 0.336 e. The molecule has 1 atom stereocenters. The molecule has 26 heavy (non-hydrogen) atoms. The van der Waals surface area contributed by atoms with E-state index < -0.39 is 0 Å². The average Bonchev–Trinajstić information content (AvgIpc) is 2.77. The van der Waals surface area contributed by atoms with Crippen LogP contribution < -0.4 is 5.63 Å². The average molecular weight is 358 g/mol. The molecule has 6 nitrogen and oxygen atoms in total. The van der Waals surface area contributed by atoms with Gasteiger partial charge in [-0.2, -0.15) is 0 Å². The lowest BCUT2D eigenvalue weighted by Gasteiger charge is -2.27. The van der Waals surface area contributed by atoms with Crippen LogP contribution >= 0.6 is 0 Å². The van der Waals surface area contributed by atoms with Crippen LogP contribution in [0.3, 0.4) is 0 Å². The summed E-state index contributed by atoms with van der Waals surface area (Å²) < 4.78 is 10.4. The number of aryl methyl sites for hydroxylation is 2. The van der Waals surface area contributed by atoms with Gasteiger partial charge in [-0.25, -0.2) is 4.79 Å². The molecular weight excluding hydrogens is 332 g/mol. The predicted molar refractivity (Wildman–Crippen MR) is 100 cm³/mol. The summed E-state index contributed by atoms with van der Waals surface area (Å²) in [6, 6.07) is 5.35. The van der Waals surface area contributed by atoms with E-state index in [2.05, 4.69) is 11.0 Å². The maximum absolute atomic E-state index is 12.1. The lowest BCUT2D eigenvalue weighted by atomic mass is 10.0. The summed E-state index contributed by atoms with van der Waals surface area (Å²) in [6.07, 6.45) is 0.960. The number of hydrogen-bond acceptors (Lipinski definition) is 6. The molecule has 1 aliphatic heterocycles. The van der Waals surface area contributed by atoms with E-state index in [4.69, 9.17) is 9.15 Å². The van der Waals surface area contributed by atoms with Crippen LogP contribution in [0.2, 0.25) is 0 Å². The molecule has 6 heteroatoms. The molecule has 1 saturated heterocycles. The first-order valence-electron chi connectivity index (χ1n) is 8.93. The van der Waals surface area contributed by atoms with E-state index >= 15 is 0 Å².